The van der Waals surface area contributed by atoms with Crippen molar-refractivity contribution in [3.8, 4) is 0 Å². The van der Waals surface area contributed by atoms with E-state index in [0.717, 1.165) is 34.9 Å². The molecule has 0 spiro atoms. The van der Waals surface area contributed by atoms with Crippen LogP contribution >= 0.6 is 34.8 Å². The molecule has 1 atom stereocenters. The molecule has 1 heterocycles. The molecule has 2 aromatic rings. The molecule has 0 radical (unpaired) electrons. The zero-order valence-electron chi connectivity index (χ0n) is 10.6. The molecule has 2 nitrogen and oxygen atoms in total. The molecule has 0 saturated carbocycles. The summed E-state index contributed by atoms with van der Waals surface area (Å²) in [5, 5.41) is 1.86. The maximum atomic E-state index is 6.17. The molecule has 5 heteroatoms. The summed E-state index contributed by atoms with van der Waals surface area (Å²) in [7, 11) is 0. The molecule has 0 unspecified atom stereocenters. The average molecular weight is 328 g/mol. The summed E-state index contributed by atoms with van der Waals surface area (Å²) in [6.07, 6.45) is 0. The van der Waals surface area contributed by atoms with Gasteiger partial charge in [0.25, 0.3) is 0 Å². The predicted octanol–water partition coefficient (Wildman–Crippen LogP) is 4.67. The smallest absolute Gasteiger partial charge is 0.0595 e. The van der Waals surface area contributed by atoms with Crippen molar-refractivity contribution in [3.63, 3.8) is 0 Å². The van der Waals surface area contributed by atoms with Crippen molar-refractivity contribution in [2.45, 2.75) is 12.6 Å². The van der Waals surface area contributed by atoms with Crippen molar-refractivity contribution in [2.75, 3.05) is 11.4 Å². The largest absolute Gasteiger partial charge is 0.365 e. The Morgan fingerprint density at radius 2 is 1.85 bits per heavy atom. The monoisotopic (exact) mass is 326 g/mol. The first-order chi connectivity index (χ1) is 9.54. The Morgan fingerprint density at radius 3 is 2.60 bits per heavy atom. The van der Waals surface area contributed by atoms with Crippen LogP contribution in [0.25, 0.3) is 0 Å². The van der Waals surface area contributed by atoms with Gasteiger partial charge in [0.15, 0.2) is 0 Å². The van der Waals surface area contributed by atoms with Crippen LogP contribution in [0.2, 0.25) is 15.1 Å². The standard InChI is InChI=1S/C15H13Cl3N2/c16-10-2-4-15-11(6-10)14(19)8-20(15)7-9-1-3-12(17)13(18)5-9/h1-6,14H,7-8,19H2/t14-/m1/s1. The Hall–Kier alpha value is -0.930. The third-order valence-electron chi connectivity index (χ3n) is 3.50. The minimum Gasteiger partial charge on any atom is -0.365 e. The van der Waals surface area contributed by atoms with Gasteiger partial charge in [-0.1, -0.05) is 40.9 Å². The molecule has 0 aromatic heterocycles. The van der Waals surface area contributed by atoms with Crippen LogP contribution in [0.5, 0.6) is 0 Å². The molecule has 0 saturated heterocycles. The number of rotatable bonds is 2. The van der Waals surface area contributed by atoms with Gasteiger partial charge in [-0.2, -0.15) is 0 Å². The summed E-state index contributed by atoms with van der Waals surface area (Å²) in [6, 6.07) is 11.5. The van der Waals surface area contributed by atoms with Crippen molar-refractivity contribution in [3.05, 3.63) is 62.6 Å². The quantitative estimate of drug-likeness (QED) is 0.868. The lowest BCUT2D eigenvalue weighted by Gasteiger charge is -2.20. The summed E-state index contributed by atoms with van der Waals surface area (Å²) in [4.78, 5) is 2.23. The first-order valence-electron chi connectivity index (χ1n) is 6.28. The molecule has 0 aliphatic carbocycles. The van der Waals surface area contributed by atoms with E-state index in [1.807, 2.05) is 36.4 Å². The van der Waals surface area contributed by atoms with Crippen molar-refractivity contribution in [2.24, 2.45) is 5.73 Å². The molecular weight excluding hydrogens is 315 g/mol. The van der Waals surface area contributed by atoms with Gasteiger partial charge in [0.1, 0.15) is 0 Å². The van der Waals surface area contributed by atoms with Crippen molar-refractivity contribution < 1.29 is 0 Å². The number of nitrogens with zero attached hydrogens (tertiary/aromatic N) is 1. The molecule has 2 aromatic carbocycles. The molecule has 1 aliphatic heterocycles. The van der Waals surface area contributed by atoms with Gasteiger partial charge in [0.05, 0.1) is 10.0 Å². The fraction of sp³-hybridized carbons (Fsp3) is 0.200. The zero-order chi connectivity index (χ0) is 14.3. The van der Waals surface area contributed by atoms with Gasteiger partial charge in [-0.3, -0.25) is 0 Å². The van der Waals surface area contributed by atoms with Crippen LogP contribution in [0, 0.1) is 0 Å². The van der Waals surface area contributed by atoms with Gasteiger partial charge in [-0.05, 0) is 41.5 Å². The Bertz CT molecular complexity index is 658. The molecular formula is C15H13Cl3N2. The molecule has 2 N–H and O–H groups in total. The first-order valence-corrected chi connectivity index (χ1v) is 7.42. The van der Waals surface area contributed by atoms with E-state index in [4.69, 9.17) is 40.5 Å². The third-order valence-corrected chi connectivity index (χ3v) is 4.48. The summed E-state index contributed by atoms with van der Waals surface area (Å²) < 4.78 is 0. The third kappa shape index (κ3) is 2.61. The molecule has 104 valence electrons. The summed E-state index contributed by atoms with van der Waals surface area (Å²) >= 11 is 18.0. The van der Waals surface area contributed by atoms with E-state index >= 15 is 0 Å². The highest BCUT2D eigenvalue weighted by molar-refractivity contribution is 6.42. The minimum absolute atomic E-state index is 0.00790. The van der Waals surface area contributed by atoms with E-state index in [-0.39, 0.29) is 6.04 Å². The van der Waals surface area contributed by atoms with Gasteiger partial charge >= 0.3 is 0 Å². The summed E-state index contributed by atoms with van der Waals surface area (Å²) in [5.74, 6) is 0. The van der Waals surface area contributed by atoms with Crippen molar-refractivity contribution in [1.82, 2.24) is 0 Å². The molecule has 0 bridgehead atoms. The fourth-order valence-corrected chi connectivity index (χ4v) is 3.05. The number of benzene rings is 2. The molecule has 0 fully saturated rings. The molecule has 3 rings (SSSR count). The lowest BCUT2D eigenvalue weighted by Crippen LogP contribution is -2.23. The number of anilines is 1. The lowest BCUT2D eigenvalue weighted by atomic mass is 10.1. The summed E-state index contributed by atoms with van der Waals surface area (Å²) in [5.41, 5.74) is 9.50. The number of fused-ring (bicyclic) bond motifs is 1. The zero-order valence-corrected chi connectivity index (χ0v) is 12.9. The van der Waals surface area contributed by atoms with Crippen LogP contribution in [0.3, 0.4) is 0 Å². The second-order valence-electron chi connectivity index (χ2n) is 4.94. The van der Waals surface area contributed by atoms with Gasteiger partial charge in [-0.15, -0.1) is 0 Å². The fourth-order valence-electron chi connectivity index (χ4n) is 2.55. The van der Waals surface area contributed by atoms with Crippen LogP contribution in [-0.4, -0.2) is 6.54 Å². The second-order valence-corrected chi connectivity index (χ2v) is 6.19. The van der Waals surface area contributed by atoms with E-state index in [0.29, 0.717) is 10.0 Å². The van der Waals surface area contributed by atoms with Crippen LogP contribution in [0.15, 0.2) is 36.4 Å². The number of nitrogens with two attached hydrogens (primary N) is 1. The van der Waals surface area contributed by atoms with E-state index in [2.05, 4.69) is 4.90 Å². The van der Waals surface area contributed by atoms with Crippen molar-refractivity contribution >= 4 is 40.5 Å². The molecule has 1 aliphatic rings. The Morgan fingerprint density at radius 1 is 1.05 bits per heavy atom. The molecule has 0 amide bonds. The lowest BCUT2D eigenvalue weighted by molar-refractivity contribution is 0.720. The first kappa shape index (κ1) is 14.0. The average Bonchev–Trinajstić information content (AvgIpc) is 2.70. The van der Waals surface area contributed by atoms with Crippen LogP contribution in [0.4, 0.5) is 5.69 Å². The topological polar surface area (TPSA) is 29.3 Å². The van der Waals surface area contributed by atoms with Crippen molar-refractivity contribution in [1.29, 1.82) is 0 Å². The Labute approximate surface area is 133 Å². The Balaban J connectivity index is 1.88. The van der Waals surface area contributed by atoms with Crippen LogP contribution in [-0.2, 0) is 6.54 Å². The van der Waals surface area contributed by atoms with Crippen LogP contribution in [0.1, 0.15) is 17.2 Å². The maximum absolute atomic E-state index is 6.17. The van der Waals surface area contributed by atoms with E-state index in [1.54, 1.807) is 0 Å². The summed E-state index contributed by atoms with van der Waals surface area (Å²) in [6.45, 7) is 1.52. The number of hydrogen-bond donors (Lipinski definition) is 1. The Kier molecular flexibility index (Phi) is 3.83. The highest BCUT2D eigenvalue weighted by Crippen LogP contribution is 2.36. The van der Waals surface area contributed by atoms with E-state index in [9.17, 15) is 0 Å². The second kappa shape index (κ2) is 5.45. The minimum atomic E-state index is -0.00790. The van der Waals surface area contributed by atoms with Crippen LogP contribution < -0.4 is 10.6 Å². The number of halogens is 3. The number of hydrogen-bond acceptors (Lipinski definition) is 2. The van der Waals surface area contributed by atoms with Gasteiger partial charge in [0.2, 0.25) is 0 Å². The van der Waals surface area contributed by atoms with E-state index < -0.39 is 0 Å². The normalized spacial score (nSPS) is 17.4. The maximum Gasteiger partial charge on any atom is 0.0595 e. The van der Waals surface area contributed by atoms with Gasteiger partial charge in [0, 0.05) is 29.8 Å². The highest BCUT2D eigenvalue weighted by Gasteiger charge is 2.26. The van der Waals surface area contributed by atoms with Gasteiger partial charge < -0.3 is 10.6 Å². The highest BCUT2D eigenvalue weighted by atomic mass is 35.5. The van der Waals surface area contributed by atoms with Gasteiger partial charge in [-0.25, -0.2) is 0 Å². The SMILES string of the molecule is N[C@@H]1CN(Cc2ccc(Cl)c(Cl)c2)c2ccc(Cl)cc21. The molecule has 20 heavy (non-hydrogen) atoms. The van der Waals surface area contributed by atoms with E-state index in [1.165, 1.54) is 0 Å². The predicted molar refractivity (Wildman–Crippen MR) is 85.9 cm³/mol.